The smallest absolute Gasteiger partial charge is 0.259 e. The molecule has 5 heteroatoms. The summed E-state index contributed by atoms with van der Waals surface area (Å²) < 4.78 is 0. The van der Waals surface area contributed by atoms with Gasteiger partial charge in [0.2, 0.25) is 0 Å². The fraction of sp³-hybridized carbons (Fsp3) is 0.133. The van der Waals surface area contributed by atoms with Gasteiger partial charge < -0.3 is 10.6 Å². The molecule has 0 heterocycles. The van der Waals surface area contributed by atoms with Gasteiger partial charge in [0.1, 0.15) is 0 Å². The lowest BCUT2D eigenvalue weighted by atomic mass is 10.1. The minimum Gasteiger partial charge on any atom is -0.397 e. The number of amides is 1. The van der Waals surface area contributed by atoms with Crippen molar-refractivity contribution in [2.75, 3.05) is 17.7 Å². The van der Waals surface area contributed by atoms with Crippen molar-refractivity contribution < 1.29 is 4.79 Å². The molecule has 0 spiro atoms. The van der Waals surface area contributed by atoms with E-state index < -0.39 is 0 Å². The normalized spacial score (nSPS) is 10.4. The zero-order valence-corrected chi connectivity index (χ0v) is 12.7. The molecule has 2 rings (SSSR count). The van der Waals surface area contributed by atoms with Crippen LogP contribution in [0.15, 0.2) is 36.4 Å². The summed E-state index contributed by atoms with van der Waals surface area (Å²) in [6.45, 7) is 1.85. The lowest BCUT2D eigenvalue weighted by Gasteiger charge is -2.20. The molecule has 0 unspecified atom stereocenters. The molecule has 1 amide bonds. The summed E-state index contributed by atoms with van der Waals surface area (Å²) in [6.07, 6.45) is 0. The van der Waals surface area contributed by atoms with E-state index in [1.165, 1.54) is 4.90 Å². The Hall–Kier alpha value is -1.71. The van der Waals surface area contributed by atoms with Crippen LogP contribution in [-0.2, 0) is 0 Å². The van der Waals surface area contributed by atoms with Gasteiger partial charge in [0, 0.05) is 12.1 Å². The highest BCUT2D eigenvalue weighted by atomic mass is 35.5. The van der Waals surface area contributed by atoms with Crippen molar-refractivity contribution >= 4 is 40.5 Å². The Morgan fingerprint density at radius 1 is 1.20 bits per heavy atom. The second-order valence-corrected chi connectivity index (χ2v) is 5.32. The van der Waals surface area contributed by atoms with Gasteiger partial charge in [-0.15, -0.1) is 0 Å². The Bertz CT molecular complexity index is 671. The van der Waals surface area contributed by atoms with Crippen LogP contribution in [0, 0.1) is 6.92 Å². The molecule has 0 aliphatic heterocycles. The van der Waals surface area contributed by atoms with Gasteiger partial charge >= 0.3 is 0 Å². The van der Waals surface area contributed by atoms with Crippen LogP contribution in [-0.4, -0.2) is 13.0 Å². The van der Waals surface area contributed by atoms with Crippen LogP contribution in [0.1, 0.15) is 15.9 Å². The zero-order chi connectivity index (χ0) is 14.9. The van der Waals surface area contributed by atoms with Gasteiger partial charge in [0.25, 0.3) is 5.91 Å². The quantitative estimate of drug-likeness (QED) is 0.847. The van der Waals surface area contributed by atoms with Gasteiger partial charge in [0.05, 0.1) is 22.0 Å². The minimum absolute atomic E-state index is 0.229. The predicted molar refractivity (Wildman–Crippen MR) is 84.8 cm³/mol. The number of rotatable bonds is 2. The summed E-state index contributed by atoms with van der Waals surface area (Å²) >= 11 is 12.1. The van der Waals surface area contributed by atoms with Crippen LogP contribution in [0.25, 0.3) is 0 Å². The second kappa shape index (κ2) is 5.73. The van der Waals surface area contributed by atoms with Crippen LogP contribution in [0.3, 0.4) is 0 Å². The molecule has 0 fully saturated rings. The summed E-state index contributed by atoms with van der Waals surface area (Å²) in [7, 11) is 1.64. The average Bonchev–Trinajstić information content (AvgIpc) is 2.43. The number of nitrogen functional groups attached to an aromatic ring is 1. The van der Waals surface area contributed by atoms with E-state index in [0.29, 0.717) is 27.0 Å². The molecule has 0 bridgehead atoms. The van der Waals surface area contributed by atoms with Gasteiger partial charge in [0.15, 0.2) is 0 Å². The van der Waals surface area contributed by atoms with E-state index >= 15 is 0 Å². The van der Waals surface area contributed by atoms with E-state index in [1.807, 2.05) is 13.0 Å². The van der Waals surface area contributed by atoms with Gasteiger partial charge in [-0.25, -0.2) is 0 Å². The molecule has 0 aliphatic carbocycles. The Balaban J connectivity index is 2.43. The fourth-order valence-electron chi connectivity index (χ4n) is 1.91. The number of hydrogen-bond donors (Lipinski definition) is 1. The topological polar surface area (TPSA) is 46.3 Å². The van der Waals surface area contributed by atoms with Crippen molar-refractivity contribution in [3.05, 3.63) is 57.6 Å². The number of nitrogens with zero attached hydrogens (tertiary/aromatic N) is 1. The van der Waals surface area contributed by atoms with Crippen molar-refractivity contribution in [2.24, 2.45) is 0 Å². The number of aryl methyl sites for hydroxylation is 1. The maximum atomic E-state index is 12.5. The number of nitrogens with two attached hydrogens (primary N) is 1. The Labute approximate surface area is 127 Å². The third kappa shape index (κ3) is 2.74. The van der Waals surface area contributed by atoms with Gasteiger partial charge in [-0.05, 0) is 36.8 Å². The van der Waals surface area contributed by atoms with Crippen molar-refractivity contribution in [3.63, 3.8) is 0 Å². The number of anilines is 2. The highest BCUT2D eigenvalue weighted by Gasteiger charge is 2.19. The Kier molecular flexibility index (Phi) is 4.21. The standard InChI is InChI=1S/C15H14Cl2N2O/c1-9-4-3-5-11(14(9)17)15(20)19(2)13-8-10(16)6-7-12(13)18/h3-8H,18H2,1-2H3. The number of halogens is 2. The first-order chi connectivity index (χ1) is 9.41. The molecule has 104 valence electrons. The van der Waals surface area contributed by atoms with Crippen molar-refractivity contribution in [3.8, 4) is 0 Å². The van der Waals surface area contributed by atoms with Gasteiger partial charge in [-0.2, -0.15) is 0 Å². The van der Waals surface area contributed by atoms with Crippen LogP contribution in [0.2, 0.25) is 10.0 Å². The Morgan fingerprint density at radius 2 is 1.90 bits per heavy atom. The maximum Gasteiger partial charge on any atom is 0.259 e. The highest BCUT2D eigenvalue weighted by Crippen LogP contribution is 2.29. The summed E-state index contributed by atoms with van der Waals surface area (Å²) in [6, 6.07) is 10.3. The Morgan fingerprint density at radius 3 is 2.60 bits per heavy atom. The average molecular weight is 309 g/mol. The van der Waals surface area contributed by atoms with E-state index in [4.69, 9.17) is 28.9 Å². The van der Waals surface area contributed by atoms with E-state index in [0.717, 1.165) is 5.56 Å². The van der Waals surface area contributed by atoms with E-state index in [1.54, 1.807) is 37.4 Å². The monoisotopic (exact) mass is 308 g/mol. The van der Waals surface area contributed by atoms with Gasteiger partial charge in [-0.1, -0.05) is 35.3 Å². The molecule has 0 saturated carbocycles. The van der Waals surface area contributed by atoms with Crippen molar-refractivity contribution in [1.29, 1.82) is 0 Å². The number of carbonyl (C=O) groups excluding carboxylic acids is 1. The molecule has 2 N–H and O–H groups in total. The van der Waals surface area contributed by atoms with Crippen molar-refractivity contribution in [1.82, 2.24) is 0 Å². The third-order valence-electron chi connectivity index (χ3n) is 3.08. The molecule has 0 atom stereocenters. The molecule has 0 aliphatic rings. The van der Waals surface area contributed by atoms with Crippen LogP contribution >= 0.6 is 23.2 Å². The molecule has 0 saturated heterocycles. The van der Waals surface area contributed by atoms with Crippen LogP contribution < -0.4 is 10.6 Å². The van der Waals surface area contributed by atoms with E-state index in [-0.39, 0.29) is 5.91 Å². The first-order valence-corrected chi connectivity index (χ1v) is 6.75. The SMILES string of the molecule is Cc1cccc(C(=O)N(C)c2cc(Cl)ccc2N)c1Cl. The fourth-order valence-corrected chi connectivity index (χ4v) is 2.28. The van der Waals surface area contributed by atoms with Crippen LogP contribution in [0.5, 0.6) is 0 Å². The molecular formula is C15H14Cl2N2O. The first-order valence-electron chi connectivity index (χ1n) is 6.00. The maximum absolute atomic E-state index is 12.5. The molecule has 0 aromatic heterocycles. The summed E-state index contributed by atoms with van der Waals surface area (Å²) in [5, 5.41) is 0.967. The first kappa shape index (κ1) is 14.7. The minimum atomic E-state index is -0.229. The molecule has 2 aromatic carbocycles. The summed E-state index contributed by atoms with van der Waals surface area (Å²) in [5.74, 6) is -0.229. The van der Waals surface area contributed by atoms with Crippen molar-refractivity contribution in [2.45, 2.75) is 6.92 Å². The van der Waals surface area contributed by atoms with Gasteiger partial charge in [-0.3, -0.25) is 4.79 Å². The lowest BCUT2D eigenvalue weighted by Crippen LogP contribution is -2.27. The highest BCUT2D eigenvalue weighted by molar-refractivity contribution is 6.35. The largest absolute Gasteiger partial charge is 0.397 e. The number of carbonyl (C=O) groups is 1. The number of benzene rings is 2. The number of hydrogen-bond acceptors (Lipinski definition) is 2. The third-order valence-corrected chi connectivity index (χ3v) is 3.82. The predicted octanol–water partition coefficient (Wildman–Crippen LogP) is 4.16. The van der Waals surface area contributed by atoms with Crippen LogP contribution in [0.4, 0.5) is 11.4 Å². The molecule has 20 heavy (non-hydrogen) atoms. The molecule has 0 radical (unpaired) electrons. The molecular weight excluding hydrogens is 295 g/mol. The molecule has 2 aromatic rings. The molecule has 3 nitrogen and oxygen atoms in total. The summed E-state index contributed by atoms with van der Waals surface area (Å²) in [4.78, 5) is 14.0. The second-order valence-electron chi connectivity index (χ2n) is 4.50. The summed E-state index contributed by atoms with van der Waals surface area (Å²) in [5.41, 5.74) is 8.22. The van der Waals surface area contributed by atoms with E-state index in [2.05, 4.69) is 0 Å². The van der Waals surface area contributed by atoms with E-state index in [9.17, 15) is 4.79 Å². The lowest BCUT2D eigenvalue weighted by molar-refractivity contribution is 0.0993. The zero-order valence-electron chi connectivity index (χ0n) is 11.2.